The Labute approximate surface area is 150 Å². The molecule has 10 heteroatoms. The number of methoxy groups -OCH3 is 1. The summed E-state index contributed by atoms with van der Waals surface area (Å²) >= 11 is 0. The van der Waals surface area contributed by atoms with Crippen LogP contribution in [0.2, 0.25) is 0 Å². The minimum Gasteiger partial charge on any atom is -0.464 e. The second kappa shape index (κ2) is 7.54. The fourth-order valence-corrected chi connectivity index (χ4v) is 2.46. The van der Waals surface area contributed by atoms with Crippen LogP contribution in [0.4, 0.5) is 16.3 Å². The smallest absolute Gasteiger partial charge is 0.410 e. The summed E-state index contributed by atoms with van der Waals surface area (Å²) in [5.41, 5.74) is -0.810. The first-order valence-corrected chi connectivity index (χ1v) is 8.09. The standard InChI is InChI=1S/C16H22N4O6/c1-16(2,3)26-15(22)19-9-7-18(8-10-19)13-12(20(23)24)6-5-11(17-13)14(21)25-4/h5-6H,7-10H2,1-4H3. The van der Waals surface area contributed by atoms with Gasteiger partial charge in [0.1, 0.15) is 5.60 Å². The van der Waals surface area contributed by atoms with E-state index < -0.39 is 22.6 Å². The number of hydrogen-bond donors (Lipinski definition) is 0. The van der Waals surface area contributed by atoms with E-state index in [1.165, 1.54) is 24.1 Å². The molecule has 0 aromatic carbocycles. The number of nitrogens with zero attached hydrogens (tertiary/aromatic N) is 4. The van der Waals surface area contributed by atoms with Crippen LogP contribution in [0.3, 0.4) is 0 Å². The molecule has 0 atom stereocenters. The van der Waals surface area contributed by atoms with Gasteiger partial charge in [0.15, 0.2) is 5.69 Å². The zero-order valence-electron chi connectivity index (χ0n) is 15.2. The van der Waals surface area contributed by atoms with Gasteiger partial charge in [-0.2, -0.15) is 0 Å². The summed E-state index contributed by atoms with van der Waals surface area (Å²) in [7, 11) is 1.21. The molecule has 0 aliphatic carbocycles. The van der Waals surface area contributed by atoms with Gasteiger partial charge in [-0.1, -0.05) is 0 Å². The highest BCUT2D eigenvalue weighted by Gasteiger charge is 2.30. The van der Waals surface area contributed by atoms with Gasteiger partial charge in [-0.15, -0.1) is 0 Å². The number of carbonyl (C=O) groups excluding carboxylic acids is 2. The monoisotopic (exact) mass is 366 g/mol. The van der Waals surface area contributed by atoms with Crippen molar-refractivity contribution in [1.29, 1.82) is 0 Å². The lowest BCUT2D eigenvalue weighted by atomic mass is 10.2. The molecule has 0 bridgehead atoms. The quantitative estimate of drug-likeness (QED) is 0.452. The number of piperazine rings is 1. The van der Waals surface area contributed by atoms with E-state index in [1.807, 2.05) is 0 Å². The molecule has 1 aromatic rings. The van der Waals surface area contributed by atoms with Gasteiger partial charge in [0, 0.05) is 32.2 Å². The van der Waals surface area contributed by atoms with Crippen molar-refractivity contribution in [1.82, 2.24) is 9.88 Å². The number of anilines is 1. The van der Waals surface area contributed by atoms with Crippen molar-refractivity contribution in [3.8, 4) is 0 Å². The van der Waals surface area contributed by atoms with Gasteiger partial charge in [-0.25, -0.2) is 14.6 Å². The van der Waals surface area contributed by atoms with Gasteiger partial charge < -0.3 is 19.3 Å². The van der Waals surface area contributed by atoms with E-state index in [4.69, 9.17) is 4.74 Å². The van der Waals surface area contributed by atoms with Crippen molar-refractivity contribution in [2.75, 3.05) is 38.2 Å². The average molecular weight is 366 g/mol. The largest absolute Gasteiger partial charge is 0.464 e. The summed E-state index contributed by atoms with van der Waals surface area (Å²) in [5, 5.41) is 11.3. The van der Waals surface area contributed by atoms with E-state index in [0.717, 1.165) is 0 Å². The Morgan fingerprint density at radius 3 is 2.31 bits per heavy atom. The normalized spacial score (nSPS) is 14.8. The molecule has 1 amide bonds. The van der Waals surface area contributed by atoms with Crippen molar-refractivity contribution in [3.05, 3.63) is 27.9 Å². The molecule has 0 spiro atoms. The summed E-state index contributed by atoms with van der Waals surface area (Å²) in [6.45, 7) is 6.67. The van der Waals surface area contributed by atoms with Gasteiger partial charge in [-0.3, -0.25) is 10.1 Å². The van der Waals surface area contributed by atoms with E-state index in [1.54, 1.807) is 25.7 Å². The van der Waals surface area contributed by atoms with Crippen LogP contribution in [0.1, 0.15) is 31.3 Å². The molecule has 2 rings (SSSR count). The number of pyridine rings is 1. The highest BCUT2D eigenvalue weighted by Crippen LogP contribution is 2.27. The maximum Gasteiger partial charge on any atom is 0.410 e. The number of rotatable bonds is 3. The van der Waals surface area contributed by atoms with Crippen LogP contribution in [0.5, 0.6) is 0 Å². The van der Waals surface area contributed by atoms with Gasteiger partial charge in [0.25, 0.3) is 0 Å². The molecule has 1 saturated heterocycles. The number of aromatic nitrogens is 1. The van der Waals surface area contributed by atoms with Crippen molar-refractivity contribution in [3.63, 3.8) is 0 Å². The molecule has 1 aliphatic heterocycles. The lowest BCUT2D eigenvalue weighted by molar-refractivity contribution is -0.384. The topological polar surface area (TPSA) is 115 Å². The Hall–Kier alpha value is -2.91. The van der Waals surface area contributed by atoms with Crippen LogP contribution in [-0.4, -0.2) is 65.8 Å². The molecule has 10 nitrogen and oxygen atoms in total. The third kappa shape index (κ3) is 4.58. The molecule has 0 saturated carbocycles. The lowest BCUT2D eigenvalue weighted by Gasteiger charge is -2.35. The second-order valence-electron chi connectivity index (χ2n) is 6.74. The van der Waals surface area contributed by atoms with Crippen LogP contribution in [-0.2, 0) is 9.47 Å². The SMILES string of the molecule is COC(=O)c1ccc([N+](=O)[O-])c(N2CCN(C(=O)OC(C)(C)C)CC2)n1. The van der Waals surface area contributed by atoms with E-state index in [-0.39, 0.29) is 17.2 Å². The molecule has 1 fully saturated rings. The summed E-state index contributed by atoms with van der Waals surface area (Å²) in [4.78, 5) is 41.8. The van der Waals surface area contributed by atoms with E-state index in [0.29, 0.717) is 26.2 Å². The molecular weight excluding hydrogens is 344 g/mol. The van der Waals surface area contributed by atoms with Crippen LogP contribution >= 0.6 is 0 Å². The van der Waals surface area contributed by atoms with Crippen LogP contribution in [0.25, 0.3) is 0 Å². The Morgan fingerprint density at radius 1 is 1.19 bits per heavy atom. The number of carbonyl (C=O) groups is 2. The summed E-state index contributed by atoms with van der Waals surface area (Å²) in [6.07, 6.45) is -0.428. The first kappa shape index (κ1) is 19.4. The third-order valence-corrected chi connectivity index (χ3v) is 3.68. The first-order valence-electron chi connectivity index (χ1n) is 8.09. The second-order valence-corrected chi connectivity index (χ2v) is 6.74. The van der Waals surface area contributed by atoms with Crippen LogP contribution in [0.15, 0.2) is 12.1 Å². The summed E-state index contributed by atoms with van der Waals surface area (Å²) in [5.74, 6) is -0.588. The minimum absolute atomic E-state index is 0.0114. The fourth-order valence-electron chi connectivity index (χ4n) is 2.46. The third-order valence-electron chi connectivity index (χ3n) is 3.68. The van der Waals surface area contributed by atoms with Crippen molar-refractivity contribution in [2.24, 2.45) is 0 Å². The molecule has 1 aromatic heterocycles. The Bertz CT molecular complexity index is 707. The van der Waals surface area contributed by atoms with Gasteiger partial charge in [-0.05, 0) is 26.8 Å². The molecule has 142 valence electrons. The van der Waals surface area contributed by atoms with Gasteiger partial charge >= 0.3 is 17.7 Å². The zero-order valence-corrected chi connectivity index (χ0v) is 15.2. The highest BCUT2D eigenvalue weighted by molar-refractivity contribution is 5.88. The van der Waals surface area contributed by atoms with E-state index in [9.17, 15) is 19.7 Å². The van der Waals surface area contributed by atoms with Crippen molar-refractivity contribution in [2.45, 2.75) is 26.4 Å². The molecular formula is C16H22N4O6. The molecule has 0 N–H and O–H groups in total. The lowest BCUT2D eigenvalue weighted by Crippen LogP contribution is -2.50. The molecule has 0 radical (unpaired) electrons. The highest BCUT2D eigenvalue weighted by atomic mass is 16.6. The summed E-state index contributed by atoms with van der Waals surface area (Å²) in [6, 6.07) is 2.49. The van der Waals surface area contributed by atoms with Crippen LogP contribution in [0, 0.1) is 10.1 Å². The van der Waals surface area contributed by atoms with E-state index >= 15 is 0 Å². The zero-order chi connectivity index (χ0) is 19.5. The number of hydrogen-bond acceptors (Lipinski definition) is 8. The number of ether oxygens (including phenoxy) is 2. The predicted octanol–water partition coefficient (Wildman–Crippen LogP) is 1.83. The number of amides is 1. The molecule has 0 unspecified atom stereocenters. The number of esters is 1. The van der Waals surface area contributed by atoms with E-state index in [2.05, 4.69) is 9.72 Å². The molecule has 26 heavy (non-hydrogen) atoms. The summed E-state index contributed by atoms with van der Waals surface area (Å²) < 4.78 is 9.94. The minimum atomic E-state index is -0.673. The maximum absolute atomic E-state index is 12.1. The Morgan fingerprint density at radius 2 is 1.81 bits per heavy atom. The van der Waals surface area contributed by atoms with Crippen molar-refractivity contribution >= 4 is 23.6 Å². The van der Waals surface area contributed by atoms with Gasteiger partial charge in [0.2, 0.25) is 5.82 Å². The Balaban J connectivity index is 2.16. The van der Waals surface area contributed by atoms with Crippen LogP contribution < -0.4 is 4.90 Å². The molecule has 1 aliphatic rings. The first-order chi connectivity index (χ1) is 12.1. The Kier molecular flexibility index (Phi) is 5.63. The maximum atomic E-state index is 12.1. The number of nitro groups is 1. The molecule has 2 heterocycles. The predicted molar refractivity (Wildman–Crippen MR) is 92.3 cm³/mol. The van der Waals surface area contributed by atoms with Gasteiger partial charge in [0.05, 0.1) is 12.0 Å². The average Bonchev–Trinajstić information content (AvgIpc) is 2.59. The van der Waals surface area contributed by atoms with Crippen molar-refractivity contribution < 1.29 is 24.0 Å². The fraction of sp³-hybridized carbons (Fsp3) is 0.562.